The van der Waals surface area contributed by atoms with Crippen LogP contribution in [0.1, 0.15) is 59.0 Å². The Morgan fingerprint density at radius 1 is 1.09 bits per heavy atom. The summed E-state index contributed by atoms with van der Waals surface area (Å²) in [5, 5.41) is 8.98. The minimum atomic E-state index is -3.17. The Balaban J connectivity index is 1.48. The monoisotopic (exact) mass is 660 g/mol. The molecule has 0 radical (unpaired) electrons. The summed E-state index contributed by atoms with van der Waals surface area (Å²) in [7, 11) is 1.61. The molecule has 1 aromatic carbocycles. The number of rotatable bonds is 14. The van der Waals surface area contributed by atoms with Crippen LogP contribution in [0.15, 0.2) is 47.4 Å². The van der Waals surface area contributed by atoms with E-state index >= 15 is 0 Å². The molecule has 2 aromatic heterocycles. The first-order valence-electron chi connectivity index (χ1n) is 15.2. The molecule has 2 amide bonds. The number of amides is 2. The van der Waals surface area contributed by atoms with Crippen molar-refractivity contribution in [3.8, 4) is 16.9 Å². The van der Waals surface area contributed by atoms with Gasteiger partial charge in [-0.25, -0.2) is 13.8 Å². The number of likely N-dealkylation sites (tertiary alicyclic amines) is 1. The minimum absolute atomic E-state index is 0.00745. The zero-order valence-electron chi connectivity index (χ0n) is 26.1. The number of alkyl halides is 4. The molecule has 3 aromatic rings. The maximum atomic E-state index is 13.6. The standard InChI is InChI=1S/C32H36F4N6O5/c1-4-38-26-10-20(23-8-7-22(47-31(33)34)12-24(23)29(44)41-16-32(35,36)17-41)11-27(39-26)40-28(43)25-9-19(14-37-13-18(2)46-3)15-42(30(25)45)21-5-6-21/h7-12,15,18,21,31,37H,4-6,13-14,16-17H2,1-3H3,(H2,38,39,40,43)/t18-/m0/s1. The van der Waals surface area contributed by atoms with Gasteiger partial charge in [0, 0.05) is 39.0 Å². The molecule has 1 saturated carbocycles. The van der Waals surface area contributed by atoms with E-state index in [0.717, 1.165) is 29.4 Å². The Bertz CT molecular complexity index is 1690. The molecule has 3 heterocycles. The lowest BCUT2D eigenvalue weighted by atomic mass is 9.97. The van der Waals surface area contributed by atoms with Gasteiger partial charge in [0.1, 0.15) is 22.9 Å². The topological polar surface area (TPSA) is 127 Å². The van der Waals surface area contributed by atoms with E-state index in [0.29, 0.717) is 31.0 Å². The highest BCUT2D eigenvalue weighted by atomic mass is 19.3. The number of nitrogens with one attached hydrogen (secondary N) is 3. The summed E-state index contributed by atoms with van der Waals surface area (Å²) < 4.78 is 64.5. The van der Waals surface area contributed by atoms with Gasteiger partial charge in [0.25, 0.3) is 23.3 Å². The number of methoxy groups -OCH3 is 1. The first kappa shape index (κ1) is 33.9. The molecule has 1 aliphatic heterocycles. The molecule has 5 rings (SSSR count). The van der Waals surface area contributed by atoms with Crippen molar-refractivity contribution in [3.63, 3.8) is 0 Å². The average Bonchev–Trinajstić information content (AvgIpc) is 3.85. The largest absolute Gasteiger partial charge is 0.435 e. The predicted octanol–water partition coefficient (Wildman–Crippen LogP) is 4.75. The van der Waals surface area contributed by atoms with Crippen LogP contribution >= 0.6 is 0 Å². The molecule has 47 heavy (non-hydrogen) atoms. The molecular weight excluding hydrogens is 624 g/mol. The van der Waals surface area contributed by atoms with Crippen molar-refractivity contribution in [2.45, 2.75) is 57.9 Å². The second-order valence-electron chi connectivity index (χ2n) is 11.6. The van der Waals surface area contributed by atoms with E-state index in [4.69, 9.17) is 4.74 Å². The molecule has 1 atom stereocenters. The molecule has 1 saturated heterocycles. The number of hydrogen-bond acceptors (Lipinski definition) is 8. The fourth-order valence-corrected chi connectivity index (χ4v) is 5.21. The summed E-state index contributed by atoms with van der Waals surface area (Å²) in [6.07, 6.45) is 3.36. The van der Waals surface area contributed by atoms with Gasteiger partial charge in [-0.05, 0) is 79.8 Å². The Morgan fingerprint density at radius 2 is 1.81 bits per heavy atom. The Labute approximate surface area is 268 Å². The average molecular weight is 661 g/mol. The summed E-state index contributed by atoms with van der Waals surface area (Å²) >= 11 is 0. The number of nitrogens with zero attached hydrogens (tertiary/aromatic N) is 3. The van der Waals surface area contributed by atoms with Crippen LogP contribution in [-0.2, 0) is 11.3 Å². The third-order valence-corrected chi connectivity index (χ3v) is 7.76. The van der Waals surface area contributed by atoms with Crippen LogP contribution in [-0.4, -0.2) is 78.2 Å². The number of pyridine rings is 2. The summed E-state index contributed by atoms with van der Waals surface area (Å²) in [5.41, 5.74) is 0.572. The Hall–Kier alpha value is -4.50. The molecule has 2 aliphatic rings. The van der Waals surface area contributed by atoms with Crippen LogP contribution in [0, 0.1) is 0 Å². The smallest absolute Gasteiger partial charge is 0.387 e. The van der Waals surface area contributed by atoms with E-state index in [1.165, 1.54) is 24.3 Å². The number of ether oxygens (including phenoxy) is 2. The minimum Gasteiger partial charge on any atom is -0.435 e. The van der Waals surface area contributed by atoms with Crippen molar-refractivity contribution < 1.29 is 36.6 Å². The molecule has 0 spiro atoms. The summed E-state index contributed by atoms with van der Waals surface area (Å²) in [5.74, 6) is -4.56. The van der Waals surface area contributed by atoms with Crippen LogP contribution < -0.4 is 26.2 Å². The predicted molar refractivity (Wildman–Crippen MR) is 166 cm³/mol. The maximum absolute atomic E-state index is 13.6. The Kier molecular flexibility index (Phi) is 10.2. The molecule has 1 aliphatic carbocycles. The fraction of sp³-hybridized carbons (Fsp3) is 0.438. The lowest BCUT2D eigenvalue weighted by molar-refractivity contribution is -0.113. The van der Waals surface area contributed by atoms with Gasteiger partial charge in [-0.1, -0.05) is 0 Å². The second kappa shape index (κ2) is 14.1. The van der Waals surface area contributed by atoms with E-state index in [-0.39, 0.29) is 40.4 Å². The van der Waals surface area contributed by atoms with Gasteiger partial charge in [0.05, 0.1) is 24.8 Å². The number of anilines is 2. The van der Waals surface area contributed by atoms with Gasteiger partial charge >= 0.3 is 6.61 Å². The molecule has 3 N–H and O–H groups in total. The highest BCUT2D eigenvalue weighted by Crippen LogP contribution is 2.36. The molecule has 11 nitrogen and oxygen atoms in total. The number of carbonyl (C=O) groups excluding carboxylic acids is 2. The number of benzene rings is 1. The maximum Gasteiger partial charge on any atom is 0.387 e. The van der Waals surface area contributed by atoms with Gasteiger partial charge in [0.2, 0.25) is 0 Å². The van der Waals surface area contributed by atoms with Gasteiger partial charge in [0.15, 0.2) is 0 Å². The zero-order chi connectivity index (χ0) is 33.9. The van der Waals surface area contributed by atoms with Crippen molar-refractivity contribution in [2.75, 3.05) is 43.9 Å². The van der Waals surface area contributed by atoms with Crippen LogP contribution in [0.25, 0.3) is 11.1 Å². The SMILES string of the molecule is CCNc1cc(-c2ccc(OC(F)F)cc2C(=O)N2CC(F)(F)C2)cc(NC(=O)c2cc(CNC[C@H](C)OC)cn(C3CC3)c2=O)n1. The number of aromatic nitrogens is 2. The first-order chi connectivity index (χ1) is 22.4. The number of halogens is 4. The quantitative estimate of drug-likeness (QED) is 0.212. The van der Waals surface area contributed by atoms with Gasteiger partial charge < -0.3 is 34.9 Å². The third kappa shape index (κ3) is 8.27. The highest BCUT2D eigenvalue weighted by molar-refractivity contribution is 6.05. The lowest BCUT2D eigenvalue weighted by Gasteiger charge is -2.39. The summed E-state index contributed by atoms with van der Waals surface area (Å²) in [6, 6.07) is 8.19. The van der Waals surface area contributed by atoms with E-state index in [1.54, 1.807) is 23.9 Å². The molecule has 0 unspecified atom stereocenters. The normalized spacial score (nSPS) is 16.0. The van der Waals surface area contributed by atoms with Crippen molar-refractivity contribution in [3.05, 3.63) is 69.6 Å². The van der Waals surface area contributed by atoms with Gasteiger partial charge in [-0.2, -0.15) is 8.78 Å². The number of carbonyl (C=O) groups is 2. The highest BCUT2D eigenvalue weighted by Gasteiger charge is 2.46. The zero-order valence-corrected chi connectivity index (χ0v) is 26.1. The van der Waals surface area contributed by atoms with Crippen molar-refractivity contribution in [1.82, 2.24) is 19.8 Å². The van der Waals surface area contributed by atoms with Crippen LogP contribution in [0.5, 0.6) is 5.75 Å². The summed E-state index contributed by atoms with van der Waals surface area (Å²) in [6.45, 7) is 0.307. The van der Waals surface area contributed by atoms with E-state index in [2.05, 4.69) is 25.7 Å². The van der Waals surface area contributed by atoms with Gasteiger partial charge in [-0.3, -0.25) is 14.4 Å². The molecule has 0 bridgehead atoms. The van der Waals surface area contributed by atoms with Crippen LogP contribution in [0.3, 0.4) is 0 Å². The van der Waals surface area contributed by atoms with Crippen LogP contribution in [0.4, 0.5) is 29.2 Å². The second-order valence-corrected chi connectivity index (χ2v) is 11.6. The van der Waals surface area contributed by atoms with Crippen molar-refractivity contribution in [1.29, 1.82) is 0 Å². The molecule has 2 fully saturated rings. The van der Waals surface area contributed by atoms with Gasteiger partial charge in [-0.15, -0.1) is 0 Å². The number of hydrogen-bond donors (Lipinski definition) is 3. The Morgan fingerprint density at radius 3 is 2.45 bits per heavy atom. The van der Waals surface area contributed by atoms with Crippen molar-refractivity contribution >= 4 is 23.5 Å². The van der Waals surface area contributed by atoms with E-state index < -0.39 is 43.0 Å². The third-order valence-electron chi connectivity index (χ3n) is 7.76. The van der Waals surface area contributed by atoms with Crippen LogP contribution in [0.2, 0.25) is 0 Å². The molecule has 252 valence electrons. The first-order valence-corrected chi connectivity index (χ1v) is 15.2. The van der Waals surface area contributed by atoms with E-state index in [9.17, 15) is 31.9 Å². The summed E-state index contributed by atoms with van der Waals surface area (Å²) in [4.78, 5) is 45.6. The molecule has 15 heteroatoms. The lowest BCUT2D eigenvalue weighted by Crippen LogP contribution is -2.58. The van der Waals surface area contributed by atoms with E-state index in [1.807, 2.05) is 13.8 Å². The fourth-order valence-electron chi connectivity index (χ4n) is 5.21. The van der Waals surface area contributed by atoms with Crippen molar-refractivity contribution in [2.24, 2.45) is 0 Å². The molecular formula is C32H36F4N6O5.